The minimum Gasteiger partial charge on any atom is -0.493 e. The zero-order chi connectivity index (χ0) is 21.5. The Kier molecular flexibility index (Phi) is 4.89. The molecule has 1 heterocycles. The lowest BCUT2D eigenvalue weighted by molar-refractivity contribution is -0.151. The Balaban J connectivity index is 1.48. The maximum absolute atomic E-state index is 13.1. The van der Waals surface area contributed by atoms with E-state index in [1.165, 1.54) is 19.2 Å². The summed E-state index contributed by atoms with van der Waals surface area (Å²) in [4.78, 5) is 25.3. The number of likely N-dealkylation sites (tertiary alicyclic amines) is 1. The molecule has 1 saturated carbocycles. The van der Waals surface area contributed by atoms with E-state index in [2.05, 4.69) is 0 Å². The smallest absolute Gasteiger partial charge is 0.312 e. The van der Waals surface area contributed by atoms with Gasteiger partial charge < -0.3 is 19.7 Å². The molecule has 30 heavy (non-hydrogen) atoms. The van der Waals surface area contributed by atoms with E-state index in [0.717, 1.165) is 11.1 Å². The van der Waals surface area contributed by atoms with Gasteiger partial charge >= 0.3 is 11.9 Å². The van der Waals surface area contributed by atoms with Crippen molar-refractivity contribution in [3.8, 4) is 11.5 Å². The summed E-state index contributed by atoms with van der Waals surface area (Å²) in [7, 11) is 1.53. The fourth-order valence-corrected chi connectivity index (χ4v) is 4.44. The van der Waals surface area contributed by atoms with E-state index in [1.54, 1.807) is 24.3 Å². The molecule has 2 aliphatic rings. The number of nitrogens with zero attached hydrogens (tertiary/aromatic N) is 1. The second-order valence-electron chi connectivity index (χ2n) is 8.00. The lowest BCUT2D eigenvalue weighted by atomic mass is 9.97. The van der Waals surface area contributed by atoms with Crippen molar-refractivity contribution in [3.05, 3.63) is 59.4 Å². The van der Waals surface area contributed by atoms with E-state index in [9.17, 15) is 24.2 Å². The number of fused-ring (bicyclic) bond motifs is 1. The number of carbonyl (C=O) groups is 2. The summed E-state index contributed by atoms with van der Waals surface area (Å²) in [5, 5.41) is 19.1. The lowest BCUT2D eigenvalue weighted by Gasteiger charge is -2.20. The Morgan fingerprint density at radius 1 is 1.00 bits per heavy atom. The summed E-state index contributed by atoms with van der Waals surface area (Å²) in [5.74, 6) is -1.38. The number of hydrogen-bond donors (Lipinski definition) is 2. The molecule has 0 aromatic heterocycles. The van der Waals surface area contributed by atoms with Gasteiger partial charge in [-0.3, -0.25) is 14.5 Å². The lowest BCUT2D eigenvalue weighted by Crippen LogP contribution is -2.28. The number of rotatable bonds is 8. The second kappa shape index (κ2) is 7.28. The van der Waals surface area contributed by atoms with Crippen molar-refractivity contribution in [2.75, 3.05) is 20.2 Å². The molecule has 2 atom stereocenters. The first-order valence-corrected chi connectivity index (χ1v) is 9.53. The Morgan fingerprint density at radius 2 is 1.60 bits per heavy atom. The topological polar surface area (TPSA) is 96.3 Å². The van der Waals surface area contributed by atoms with Gasteiger partial charge in [-0.25, -0.2) is 4.39 Å². The van der Waals surface area contributed by atoms with Crippen molar-refractivity contribution in [2.24, 2.45) is 10.8 Å². The third-order valence-corrected chi connectivity index (χ3v) is 6.14. The van der Waals surface area contributed by atoms with Crippen molar-refractivity contribution < 1.29 is 33.7 Å². The summed E-state index contributed by atoms with van der Waals surface area (Å²) in [5.41, 5.74) is -0.747. The molecule has 0 bridgehead atoms. The van der Waals surface area contributed by atoms with Crippen molar-refractivity contribution in [2.45, 2.75) is 19.6 Å². The van der Waals surface area contributed by atoms with Crippen LogP contribution in [-0.2, 0) is 22.7 Å². The SMILES string of the molecule is COc1ccc(CN2C[C@@]3(C(=O)O)C[C@@]3(C(=O)O)C2)cc1OCc1ccc(F)cc1. The molecule has 2 aromatic rings. The minimum absolute atomic E-state index is 0.176. The molecule has 158 valence electrons. The molecule has 0 amide bonds. The molecule has 0 spiro atoms. The summed E-state index contributed by atoms with van der Waals surface area (Å²) >= 11 is 0. The van der Waals surface area contributed by atoms with E-state index in [4.69, 9.17) is 9.47 Å². The Labute approximate surface area is 172 Å². The molecule has 0 radical (unpaired) electrons. The van der Waals surface area contributed by atoms with E-state index in [-0.39, 0.29) is 31.9 Å². The van der Waals surface area contributed by atoms with E-state index < -0.39 is 22.8 Å². The van der Waals surface area contributed by atoms with Gasteiger partial charge in [0.25, 0.3) is 0 Å². The molecule has 1 saturated heterocycles. The molecule has 8 heteroatoms. The predicted octanol–water partition coefficient (Wildman–Crippen LogP) is 2.77. The van der Waals surface area contributed by atoms with Crippen LogP contribution >= 0.6 is 0 Å². The highest BCUT2D eigenvalue weighted by molar-refractivity contribution is 5.94. The van der Waals surface area contributed by atoms with Gasteiger partial charge in [-0.15, -0.1) is 0 Å². The minimum atomic E-state index is -1.20. The van der Waals surface area contributed by atoms with Crippen LogP contribution in [-0.4, -0.2) is 47.3 Å². The number of carboxylic acids is 2. The maximum Gasteiger partial charge on any atom is 0.312 e. The highest BCUT2D eigenvalue weighted by atomic mass is 19.1. The van der Waals surface area contributed by atoms with E-state index in [1.807, 2.05) is 11.0 Å². The number of aliphatic carboxylic acids is 2. The number of benzene rings is 2. The average molecular weight is 415 g/mol. The average Bonchev–Trinajstić information content (AvgIpc) is 3.26. The number of carboxylic acid groups (broad SMARTS) is 2. The first kappa shape index (κ1) is 20.2. The summed E-state index contributed by atoms with van der Waals surface area (Å²) < 4.78 is 24.3. The summed E-state index contributed by atoms with van der Waals surface area (Å²) in [6.07, 6.45) is 0.176. The molecule has 2 aromatic carbocycles. The van der Waals surface area contributed by atoms with Crippen LogP contribution in [0.1, 0.15) is 17.5 Å². The van der Waals surface area contributed by atoms with Gasteiger partial charge in [0.15, 0.2) is 11.5 Å². The summed E-state index contributed by atoms with van der Waals surface area (Å²) in [6, 6.07) is 11.4. The highest BCUT2D eigenvalue weighted by Gasteiger charge is 2.80. The first-order chi connectivity index (χ1) is 14.3. The molecule has 7 nitrogen and oxygen atoms in total. The van der Waals surface area contributed by atoms with Gasteiger partial charge in [-0.2, -0.15) is 0 Å². The van der Waals surface area contributed by atoms with Crippen molar-refractivity contribution in [1.82, 2.24) is 4.90 Å². The fraction of sp³-hybridized carbons (Fsp3) is 0.364. The molecule has 0 unspecified atom stereocenters. The van der Waals surface area contributed by atoms with Gasteiger partial charge in [-0.05, 0) is 41.8 Å². The Morgan fingerprint density at radius 3 is 2.17 bits per heavy atom. The normalized spacial score (nSPS) is 24.9. The van der Waals surface area contributed by atoms with Crippen LogP contribution in [0.3, 0.4) is 0 Å². The van der Waals surface area contributed by atoms with Gasteiger partial charge in [0.1, 0.15) is 12.4 Å². The molecular weight excluding hydrogens is 393 g/mol. The number of ether oxygens (including phenoxy) is 2. The number of piperidine rings is 1. The molecule has 1 aliphatic heterocycles. The monoisotopic (exact) mass is 415 g/mol. The quantitative estimate of drug-likeness (QED) is 0.684. The number of methoxy groups -OCH3 is 1. The standard InChI is InChI=1S/C22H22FNO6/c1-29-17-7-4-15(8-18(17)30-10-14-2-5-16(23)6-3-14)9-24-12-21(19(25)26)11-22(21,13-24)20(27)28/h2-8H,9-13H2,1H3,(H,25,26)(H,27,28)/t21-,22+. The van der Waals surface area contributed by atoms with Crippen LogP contribution in [0.25, 0.3) is 0 Å². The van der Waals surface area contributed by atoms with Crippen LogP contribution in [0.4, 0.5) is 4.39 Å². The zero-order valence-electron chi connectivity index (χ0n) is 16.4. The summed E-state index contributed by atoms with van der Waals surface area (Å²) in [6.45, 7) is 1.04. The van der Waals surface area contributed by atoms with Crippen molar-refractivity contribution >= 4 is 11.9 Å². The Bertz CT molecular complexity index is 966. The number of hydrogen-bond acceptors (Lipinski definition) is 5. The van der Waals surface area contributed by atoms with Crippen molar-refractivity contribution in [1.29, 1.82) is 0 Å². The molecule has 2 N–H and O–H groups in total. The third kappa shape index (κ3) is 3.27. The van der Waals surface area contributed by atoms with Crippen LogP contribution < -0.4 is 9.47 Å². The van der Waals surface area contributed by atoms with E-state index >= 15 is 0 Å². The van der Waals surface area contributed by atoms with Crippen LogP contribution in [0.2, 0.25) is 0 Å². The van der Waals surface area contributed by atoms with Gasteiger partial charge in [0.2, 0.25) is 0 Å². The molecule has 2 fully saturated rings. The first-order valence-electron chi connectivity index (χ1n) is 9.53. The molecule has 4 rings (SSSR count). The Hall–Kier alpha value is -3.13. The fourth-order valence-electron chi connectivity index (χ4n) is 4.44. The van der Waals surface area contributed by atoms with Gasteiger partial charge in [0.05, 0.1) is 17.9 Å². The maximum atomic E-state index is 13.1. The van der Waals surface area contributed by atoms with Crippen LogP contribution in [0.5, 0.6) is 11.5 Å². The van der Waals surface area contributed by atoms with Gasteiger partial charge in [-0.1, -0.05) is 18.2 Å². The van der Waals surface area contributed by atoms with Crippen molar-refractivity contribution in [3.63, 3.8) is 0 Å². The predicted molar refractivity (Wildman–Crippen MR) is 104 cm³/mol. The molecule has 1 aliphatic carbocycles. The third-order valence-electron chi connectivity index (χ3n) is 6.14. The van der Waals surface area contributed by atoms with Crippen LogP contribution in [0, 0.1) is 16.6 Å². The van der Waals surface area contributed by atoms with E-state index in [0.29, 0.717) is 18.0 Å². The zero-order valence-corrected chi connectivity index (χ0v) is 16.4. The molecular formula is C22H22FNO6. The number of halogens is 1. The second-order valence-corrected chi connectivity index (χ2v) is 8.00. The highest BCUT2D eigenvalue weighted by Crippen LogP contribution is 2.68. The largest absolute Gasteiger partial charge is 0.493 e. The van der Waals surface area contributed by atoms with Crippen LogP contribution in [0.15, 0.2) is 42.5 Å². The van der Waals surface area contributed by atoms with Gasteiger partial charge in [0, 0.05) is 19.6 Å².